The van der Waals surface area contributed by atoms with E-state index in [0.29, 0.717) is 22.9 Å². The number of ether oxygens (including phenoxy) is 2. The number of nitrogens with two attached hydrogens (primary N) is 2. The maximum atomic E-state index is 13.3. The molecule has 0 atom stereocenters. The van der Waals surface area contributed by atoms with Crippen LogP contribution in [0.5, 0.6) is 17.4 Å². The molecule has 7 N–H and O–H groups in total. The SMILES string of the molecule is CN.COc1c(NC(=O)Nc2ccc(Oc3ccnc(/N=C(\N)C=N)n3)c3ccccc23)cc(C(C)(C)C)cc1P(C)C. The fourth-order valence-corrected chi connectivity index (χ4v) is 5.15. The molecule has 0 aliphatic heterocycles. The summed E-state index contributed by atoms with van der Waals surface area (Å²) >= 11 is 0. The average molecular weight is 603 g/mol. The summed E-state index contributed by atoms with van der Waals surface area (Å²) in [5, 5.41) is 15.8. The number of carbonyl (C=O) groups excluding carboxylic acids is 1. The van der Waals surface area contributed by atoms with Gasteiger partial charge in [0.1, 0.15) is 17.3 Å². The Kier molecular flexibility index (Phi) is 11.1. The van der Waals surface area contributed by atoms with Gasteiger partial charge in [0.2, 0.25) is 5.88 Å². The Morgan fingerprint density at radius 3 is 2.33 bits per heavy atom. The monoisotopic (exact) mass is 602 g/mol. The third-order valence-corrected chi connectivity index (χ3v) is 7.51. The number of methoxy groups -OCH3 is 1. The molecule has 0 unspecified atom stereocenters. The Balaban J connectivity index is 0.00000248. The number of amides is 2. The van der Waals surface area contributed by atoms with Crippen LogP contribution < -0.4 is 36.9 Å². The van der Waals surface area contributed by atoms with Crippen LogP contribution in [0, 0.1) is 5.41 Å². The summed E-state index contributed by atoms with van der Waals surface area (Å²) in [5.41, 5.74) is 12.3. The number of hydrogen-bond acceptors (Lipinski definition) is 8. The Labute approximate surface area is 253 Å². The van der Waals surface area contributed by atoms with Gasteiger partial charge in [0.15, 0.2) is 0 Å². The number of rotatable bonds is 8. The van der Waals surface area contributed by atoms with Gasteiger partial charge < -0.3 is 37.0 Å². The molecule has 226 valence electrons. The molecule has 2 amide bonds. The first kappa shape index (κ1) is 32.9. The zero-order valence-electron chi connectivity index (χ0n) is 25.5. The summed E-state index contributed by atoms with van der Waals surface area (Å²) < 4.78 is 11.8. The fraction of sp³-hybridized carbons (Fsp3) is 0.258. The van der Waals surface area contributed by atoms with E-state index >= 15 is 0 Å². The number of benzene rings is 3. The number of amidine groups is 1. The predicted octanol–water partition coefficient (Wildman–Crippen LogP) is 5.95. The molecule has 0 fully saturated rings. The van der Waals surface area contributed by atoms with E-state index in [9.17, 15) is 4.79 Å². The molecule has 12 heteroatoms. The number of fused-ring (bicyclic) bond motifs is 1. The lowest BCUT2D eigenvalue weighted by Crippen LogP contribution is -2.23. The summed E-state index contributed by atoms with van der Waals surface area (Å²) in [4.78, 5) is 25.5. The van der Waals surface area contributed by atoms with Gasteiger partial charge in [-0.15, -0.1) is 0 Å². The molecule has 1 heterocycles. The minimum atomic E-state index is -0.474. The lowest BCUT2D eigenvalue weighted by molar-refractivity contribution is 0.262. The number of nitrogens with one attached hydrogen (secondary N) is 3. The first-order chi connectivity index (χ1) is 20.5. The molecule has 4 rings (SSSR count). The quantitative estimate of drug-likeness (QED) is 0.0941. The lowest BCUT2D eigenvalue weighted by atomic mass is 9.86. The zero-order valence-corrected chi connectivity index (χ0v) is 26.4. The van der Waals surface area contributed by atoms with Crippen molar-refractivity contribution < 1.29 is 14.3 Å². The second-order valence-electron chi connectivity index (χ2n) is 10.4. The molecule has 11 nitrogen and oxygen atoms in total. The molecule has 0 radical (unpaired) electrons. The second kappa shape index (κ2) is 14.5. The summed E-state index contributed by atoms with van der Waals surface area (Å²) in [6.45, 7) is 10.8. The van der Waals surface area contributed by atoms with E-state index in [2.05, 4.69) is 71.5 Å². The number of aromatic nitrogens is 2. The van der Waals surface area contributed by atoms with Crippen LogP contribution in [0.25, 0.3) is 10.8 Å². The van der Waals surface area contributed by atoms with Gasteiger partial charge in [-0.1, -0.05) is 53.0 Å². The average Bonchev–Trinajstić information content (AvgIpc) is 2.98. The van der Waals surface area contributed by atoms with Crippen LogP contribution in [0.4, 0.5) is 22.1 Å². The Hall–Kier alpha value is -4.60. The van der Waals surface area contributed by atoms with Crippen molar-refractivity contribution in [2.45, 2.75) is 26.2 Å². The maximum Gasteiger partial charge on any atom is 0.323 e. The van der Waals surface area contributed by atoms with E-state index in [1.807, 2.05) is 30.3 Å². The lowest BCUT2D eigenvalue weighted by Gasteiger charge is -2.25. The summed E-state index contributed by atoms with van der Waals surface area (Å²) in [6.07, 6.45) is 2.41. The number of urea groups is 1. The highest BCUT2D eigenvalue weighted by Crippen LogP contribution is 2.39. The van der Waals surface area contributed by atoms with Crippen molar-refractivity contribution in [1.29, 1.82) is 5.41 Å². The normalized spacial score (nSPS) is 11.4. The number of aliphatic imine (C=N–C) groups is 1. The van der Waals surface area contributed by atoms with Gasteiger partial charge in [-0.25, -0.2) is 9.78 Å². The van der Waals surface area contributed by atoms with Crippen LogP contribution in [0.2, 0.25) is 0 Å². The van der Waals surface area contributed by atoms with Crippen LogP contribution in [-0.4, -0.2) is 55.5 Å². The van der Waals surface area contributed by atoms with Gasteiger partial charge in [-0.3, -0.25) is 0 Å². The standard InChI is InChI=1S/C30H34N7O3P.CH5N/c1-30(2,3)18-15-22(27(39-4)24(16-18)41(5)6)35-29(38)34-21-11-12-23(20-10-8-7-9-19(20)21)40-26-13-14-33-28(37-26)36-25(32)17-31;1-2/h7-17,31H,1-6H3,(H2,34,35,38)(H2,32,33,36,37);2H2,1H3. The highest BCUT2D eigenvalue weighted by molar-refractivity contribution is 7.64. The number of hydrogen-bond donors (Lipinski definition) is 5. The van der Waals surface area contributed by atoms with E-state index < -0.39 is 14.0 Å². The molecular weight excluding hydrogens is 563 g/mol. The van der Waals surface area contributed by atoms with Gasteiger partial charge in [0, 0.05) is 28.3 Å². The van der Waals surface area contributed by atoms with Crippen molar-refractivity contribution in [3.05, 3.63) is 66.4 Å². The molecule has 43 heavy (non-hydrogen) atoms. The third-order valence-electron chi connectivity index (χ3n) is 6.21. The van der Waals surface area contributed by atoms with E-state index in [4.69, 9.17) is 20.6 Å². The van der Waals surface area contributed by atoms with Gasteiger partial charge in [0.25, 0.3) is 5.95 Å². The maximum absolute atomic E-state index is 13.3. The van der Waals surface area contributed by atoms with Gasteiger partial charge in [-0.05, 0) is 55.6 Å². The second-order valence-corrected chi connectivity index (χ2v) is 12.7. The molecule has 0 spiro atoms. The highest BCUT2D eigenvalue weighted by Gasteiger charge is 2.22. The smallest absolute Gasteiger partial charge is 0.323 e. The van der Waals surface area contributed by atoms with Crippen molar-refractivity contribution in [1.82, 2.24) is 9.97 Å². The fourth-order valence-electron chi connectivity index (χ4n) is 4.13. The number of nitrogens with zero attached hydrogens (tertiary/aromatic N) is 3. The van der Waals surface area contributed by atoms with Crippen LogP contribution in [0.15, 0.2) is 65.8 Å². The molecule has 1 aromatic heterocycles. The Morgan fingerprint density at radius 2 is 1.70 bits per heavy atom. The molecular formula is C31H39N8O3P. The molecule has 3 aromatic carbocycles. The summed E-state index contributed by atoms with van der Waals surface area (Å²) in [5.74, 6) is 1.52. The van der Waals surface area contributed by atoms with Gasteiger partial charge >= 0.3 is 6.03 Å². The predicted molar refractivity (Wildman–Crippen MR) is 179 cm³/mol. The third kappa shape index (κ3) is 8.24. The highest BCUT2D eigenvalue weighted by atomic mass is 31.1. The Morgan fingerprint density at radius 1 is 1.02 bits per heavy atom. The minimum Gasteiger partial charge on any atom is -0.494 e. The van der Waals surface area contributed by atoms with Crippen LogP contribution >= 0.6 is 7.92 Å². The van der Waals surface area contributed by atoms with Crippen molar-refractivity contribution in [3.63, 3.8) is 0 Å². The summed E-state index contributed by atoms with van der Waals surface area (Å²) in [7, 11) is 2.65. The zero-order chi connectivity index (χ0) is 31.7. The number of anilines is 2. The van der Waals surface area contributed by atoms with E-state index in [1.165, 1.54) is 13.2 Å². The van der Waals surface area contributed by atoms with E-state index in [1.54, 1.807) is 25.3 Å². The molecule has 4 aromatic rings. The van der Waals surface area contributed by atoms with Crippen molar-refractivity contribution in [2.75, 3.05) is 38.1 Å². The van der Waals surface area contributed by atoms with Crippen molar-refractivity contribution in [2.24, 2.45) is 16.5 Å². The Bertz CT molecular complexity index is 1630. The minimum absolute atomic E-state index is 0.0227. The largest absolute Gasteiger partial charge is 0.494 e. The topological polar surface area (TPSA) is 174 Å². The van der Waals surface area contributed by atoms with Crippen LogP contribution in [-0.2, 0) is 5.41 Å². The van der Waals surface area contributed by atoms with E-state index in [0.717, 1.165) is 27.9 Å². The van der Waals surface area contributed by atoms with Crippen LogP contribution in [0.1, 0.15) is 26.3 Å². The molecule has 0 aliphatic rings. The summed E-state index contributed by atoms with van der Waals surface area (Å²) in [6, 6.07) is 16.5. The molecule has 0 aliphatic carbocycles. The van der Waals surface area contributed by atoms with Crippen molar-refractivity contribution in [3.8, 4) is 17.4 Å². The van der Waals surface area contributed by atoms with Crippen molar-refractivity contribution >= 4 is 59.4 Å². The molecule has 0 bridgehead atoms. The van der Waals surface area contributed by atoms with Gasteiger partial charge in [0.05, 0.1) is 24.7 Å². The molecule has 0 saturated carbocycles. The first-order valence-electron chi connectivity index (χ1n) is 13.4. The van der Waals surface area contributed by atoms with Crippen LogP contribution in [0.3, 0.4) is 0 Å². The van der Waals surface area contributed by atoms with Gasteiger partial charge in [-0.2, -0.15) is 9.98 Å². The van der Waals surface area contributed by atoms with E-state index in [-0.39, 0.29) is 23.1 Å². The number of carbonyl (C=O) groups is 1. The first-order valence-corrected chi connectivity index (χ1v) is 15.7. The molecule has 0 saturated heterocycles.